The Kier molecular flexibility index (Phi) is 5.37. The Morgan fingerprint density at radius 1 is 1.61 bits per heavy atom. The molecule has 0 spiro atoms. The van der Waals surface area contributed by atoms with E-state index >= 15 is 0 Å². The molecule has 2 N–H and O–H groups in total. The van der Waals surface area contributed by atoms with Crippen LogP contribution in [0.1, 0.15) is 20.8 Å². The zero-order valence-corrected chi connectivity index (χ0v) is 11.6. The number of hydrogen-bond acceptors (Lipinski definition) is 5. The third kappa shape index (κ3) is 4.80. The predicted molar refractivity (Wildman–Crippen MR) is 67.5 cm³/mol. The SMILES string of the molecule is CNCC(O)C1CN(C(=O)OC(C)(C)C)CCO1. The van der Waals surface area contributed by atoms with Crippen LogP contribution in [0.3, 0.4) is 0 Å². The number of aliphatic hydroxyl groups is 1. The highest BCUT2D eigenvalue weighted by molar-refractivity contribution is 5.68. The van der Waals surface area contributed by atoms with Crippen LogP contribution in [0.15, 0.2) is 0 Å². The average molecular weight is 260 g/mol. The van der Waals surface area contributed by atoms with Crippen molar-refractivity contribution in [3.05, 3.63) is 0 Å². The fourth-order valence-corrected chi connectivity index (χ4v) is 1.74. The van der Waals surface area contributed by atoms with Gasteiger partial charge >= 0.3 is 6.09 Å². The monoisotopic (exact) mass is 260 g/mol. The van der Waals surface area contributed by atoms with Gasteiger partial charge in [0.1, 0.15) is 11.7 Å². The Balaban J connectivity index is 2.50. The van der Waals surface area contributed by atoms with Gasteiger partial charge in [-0.1, -0.05) is 0 Å². The second-order valence-corrected chi connectivity index (χ2v) is 5.46. The fourth-order valence-electron chi connectivity index (χ4n) is 1.74. The average Bonchev–Trinajstić information content (AvgIpc) is 2.27. The molecule has 0 aromatic carbocycles. The van der Waals surface area contributed by atoms with Gasteiger partial charge < -0.3 is 24.8 Å². The van der Waals surface area contributed by atoms with E-state index < -0.39 is 11.7 Å². The van der Waals surface area contributed by atoms with Gasteiger partial charge in [-0.3, -0.25) is 0 Å². The van der Waals surface area contributed by atoms with Crippen LogP contribution < -0.4 is 5.32 Å². The first kappa shape index (κ1) is 15.2. The van der Waals surface area contributed by atoms with Gasteiger partial charge in [0, 0.05) is 13.1 Å². The Bertz CT molecular complexity index is 278. The molecule has 0 aromatic heterocycles. The van der Waals surface area contributed by atoms with Gasteiger partial charge in [-0.25, -0.2) is 4.79 Å². The van der Waals surface area contributed by atoms with Crippen molar-refractivity contribution in [2.75, 3.05) is 33.3 Å². The van der Waals surface area contributed by atoms with Crippen LogP contribution in [0, 0.1) is 0 Å². The zero-order chi connectivity index (χ0) is 13.8. The van der Waals surface area contributed by atoms with Crippen LogP contribution in [-0.2, 0) is 9.47 Å². The summed E-state index contributed by atoms with van der Waals surface area (Å²) in [5.41, 5.74) is -0.505. The van der Waals surface area contributed by atoms with E-state index in [2.05, 4.69) is 5.32 Å². The summed E-state index contributed by atoms with van der Waals surface area (Å²) in [6.07, 6.45) is -1.34. The zero-order valence-electron chi connectivity index (χ0n) is 11.6. The second-order valence-electron chi connectivity index (χ2n) is 5.46. The van der Waals surface area contributed by atoms with Crippen LogP contribution in [0.4, 0.5) is 4.79 Å². The van der Waals surface area contributed by atoms with E-state index in [4.69, 9.17) is 9.47 Å². The molecule has 6 nitrogen and oxygen atoms in total. The predicted octanol–water partition coefficient (Wildman–Crippen LogP) is 0.203. The summed E-state index contributed by atoms with van der Waals surface area (Å²) >= 11 is 0. The number of ether oxygens (including phenoxy) is 2. The Hall–Kier alpha value is -0.850. The maximum Gasteiger partial charge on any atom is 0.410 e. The van der Waals surface area contributed by atoms with Crippen molar-refractivity contribution < 1.29 is 19.4 Å². The van der Waals surface area contributed by atoms with Gasteiger partial charge in [0.25, 0.3) is 0 Å². The van der Waals surface area contributed by atoms with Crippen molar-refractivity contribution in [3.8, 4) is 0 Å². The van der Waals surface area contributed by atoms with Gasteiger partial charge in [0.2, 0.25) is 0 Å². The number of nitrogens with zero attached hydrogens (tertiary/aromatic N) is 1. The topological polar surface area (TPSA) is 71.0 Å². The minimum absolute atomic E-state index is 0.354. The molecule has 1 rings (SSSR count). The molecule has 0 bridgehead atoms. The molecule has 0 saturated carbocycles. The number of morpholine rings is 1. The number of carbonyl (C=O) groups is 1. The minimum Gasteiger partial charge on any atom is -0.444 e. The molecule has 2 atom stereocenters. The lowest BCUT2D eigenvalue weighted by molar-refractivity contribution is -0.0879. The summed E-state index contributed by atoms with van der Waals surface area (Å²) in [5, 5.41) is 12.7. The molecule has 18 heavy (non-hydrogen) atoms. The molecule has 1 heterocycles. The number of aliphatic hydroxyl groups excluding tert-OH is 1. The van der Waals surface area contributed by atoms with Crippen molar-refractivity contribution in [3.63, 3.8) is 0 Å². The highest BCUT2D eigenvalue weighted by Crippen LogP contribution is 2.14. The van der Waals surface area contributed by atoms with E-state index in [1.54, 1.807) is 11.9 Å². The van der Waals surface area contributed by atoms with E-state index in [1.165, 1.54) is 0 Å². The quantitative estimate of drug-likeness (QED) is 0.758. The molecule has 0 radical (unpaired) electrons. The first-order valence-electron chi connectivity index (χ1n) is 6.25. The van der Waals surface area contributed by atoms with Crippen molar-refractivity contribution >= 4 is 6.09 Å². The van der Waals surface area contributed by atoms with Crippen molar-refractivity contribution in [2.45, 2.75) is 38.6 Å². The highest BCUT2D eigenvalue weighted by Gasteiger charge is 2.31. The largest absolute Gasteiger partial charge is 0.444 e. The standard InChI is InChI=1S/C12H24N2O4/c1-12(2,3)18-11(16)14-5-6-17-10(8-14)9(15)7-13-4/h9-10,13,15H,5-8H2,1-4H3. The summed E-state index contributed by atoms with van der Waals surface area (Å²) in [6.45, 7) is 7.21. The molecule has 106 valence electrons. The normalized spacial score (nSPS) is 22.7. The van der Waals surface area contributed by atoms with Gasteiger partial charge in [0.15, 0.2) is 0 Å². The van der Waals surface area contributed by atoms with E-state index in [1.807, 2.05) is 20.8 Å². The summed E-state index contributed by atoms with van der Waals surface area (Å²) in [5.74, 6) is 0. The lowest BCUT2D eigenvalue weighted by Gasteiger charge is -2.36. The van der Waals surface area contributed by atoms with Gasteiger partial charge in [0.05, 0.1) is 19.3 Å². The van der Waals surface area contributed by atoms with E-state index in [-0.39, 0.29) is 12.2 Å². The van der Waals surface area contributed by atoms with Crippen LogP contribution in [0.25, 0.3) is 0 Å². The van der Waals surface area contributed by atoms with Crippen LogP contribution in [0.5, 0.6) is 0 Å². The molecule has 0 aliphatic carbocycles. The maximum atomic E-state index is 11.9. The van der Waals surface area contributed by atoms with Gasteiger partial charge in [-0.05, 0) is 27.8 Å². The molecule has 1 amide bonds. The fraction of sp³-hybridized carbons (Fsp3) is 0.917. The minimum atomic E-state index is -0.625. The third-order valence-electron chi connectivity index (χ3n) is 2.59. The van der Waals surface area contributed by atoms with Crippen LogP contribution >= 0.6 is 0 Å². The number of nitrogens with one attached hydrogen (secondary N) is 1. The molecular weight excluding hydrogens is 236 g/mol. The van der Waals surface area contributed by atoms with Crippen molar-refractivity contribution in [2.24, 2.45) is 0 Å². The van der Waals surface area contributed by atoms with E-state index in [0.717, 1.165) is 0 Å². The van der Waals surface area contributed by atoms with Crippen molar-refractivity contribution in [1.29, 1.82) is 0 Å². The lowest BCUT2D eigenvalue weighted by Crippen LogP contribution is -2.52. The van der Waals surface area contributed by atoms with E-state index in [9.17, 15) is 9.90 Å². The van der Waals surface area contributed by atoms with Crippen molar-refractivity contribution in [1.82, 2.24) is 10.2 Å². The molecular formula is C12H24N2O4. The first-order chi connectivity index (χ1) is 8.33. The Labute approximate surface area is 108 Å². The maximum absolute atomic E-state index is 11.9. The number of hydrogen-bond donors (Lipinski definition) is 2. The number of amides is 1. The Morgan fingerprint density at radius 3 is 2.83 bits per heavy atom. The lowest BCUT2D eigenvalue weighted by atomic mass is 10.1. The molecule has 1 aliphatic rings. The Morgan fingerprint density at radius 2 is 2.28 bits per heavy atom. The number of likely N-dealkylation sites (N-methyl/N-ethyl adjacent to an activating group) is 1. The van der Waals surface area contributed by atoms with Gasteiger partial charge in [-0.2, -0.15) is 0 Å². The van der Waals surface area contributed by atoms with Crippen LogP contribution in [-0.4, -0.2) is 67.2 Å². The number of carbonyl (C=O) groups excluding carboxylic acids is 1. The van der Waals surface area contributed by atoms with Gasteiger partial charge in [-0.15, -0.1) is 0 Å². The summed E-state index contributed by atoms with van der Waals surface area (Å²) in [6, 6.07) is 0. The summed E-state index contributed by atoms with van der Waals surface area (Å²) in [7, 11) is 1.76. The number of rotatable bonds is 3. The second kappa shape index (κ2) is 6.36. The highest BCUT2D eigenvalue weighted by atomic mass is 16.6. The molecule has 1 fully saturated rings. The third-order valence-corrected chi connectivity index (χ3v) is 2.59. The molecule has 0 aromatic rings. The first-order valence-corrected chi connectivity index (χ1v) is 6.25. The molecule has 6 heteroatoms. The smallest absolute Gasteiger partial charge is 0.410 e. The molecule has 2 unspecified atom stereocenters. The van der Waals surface area contributed by atoms with E-state index in [0.29, 0.717) is 26.2 Å². The van der Waals surface area contributed by atoms with Crippen LogP contribution in [0.2, 0.25) is 0 Å². The molecule has 1 aliphatic heterocycles. The molecule has 1 saturated heterocycles. The summed E-state index contributed by atoms with van der Waals surface area (Å²) < 4.78 is 10.8. The summed E-state index contributed by atoms with van der Waals surface area (Å²) in [4.78, 5) is 13.5.